The lowest BCUT2D eigenvalue weighted by Crippen LogP contribution is -2.07. The van der Waals surface area contributed by atoms with Crippen LogP contribution in [0, 0.1) is 6.61 Å². The number of ether oxygens (including phenoxy) is 1. The van der Waals surface area contributed by atoms with Gasteiger partial charge in [-0.2, -0.15) is 4.89 Å². The van der Waals surface area contributed by atoms with Crippen LogP contribution in [0.1, 0.15) is 55.5 Å². The molecule has 4 heteroatoms. The van der Waals surface area contributed by atoms with Crippen molar-refractivity contribution in [2.75, 3.05) is 13.2 Å². The quantitative estimate of drug-likeness (QED) is 0.350. The molecule has 4 nitrogen and oxygen atoms in total. The molecule has 1 aromatic rings. The maximum absolute atomic E-state index is 11.7. The first-order chi connectivity index (χ1) is 10.3. The van der Waals surface area contributed by atoms with Crippen LogP contribution in [0.2, 0.25) is 0 Å². The molecule has 0 amide bonds. The normalized spacial score (nSPS) is 10.6. The van der Waals surface area contributed by atoms with Crippen molar-refractivity contribution in [3.63, 3.8) is 0 Å². The number of rotatable bonds is 11. The lowest BCUT2D eigenvalue weighted by molar-refractivity contribution is -0.218. The van der Waals surface area contributed by atoms with Crippen molar-refractivity contribution in [3.8, 4) is 0 Å². The van der Waals surface area contributed by atoms with Crippen molar-refractivity contribution in [2.45, 2.75) is 46.0 Å². The van der Waals surface area contributed by atoms with Gasteiger partial charge < -0.3 is 4.74 Å². The molecule has 0 unspecified atom stereocenters. The molecule has 0 aliphatic heterocycles. The molecule has 0 atom stereocenters. The van der Waals surface area contributed by atoms with E-state index in [1.54, 1.807) is 12.1 Å². The SMILES string of the molecule is CCCCOC[CH]OOC(=O)c1ccc(CCCC)cc1. The average molecular weight is 293 g/mol. The van der Waals surface area contributed by atoms with Gasteiger partial charge in [0.1, 0.15) is 0 Å². The van der Waals surface area contributed by atoms with E-state index < -0.39 is 5.97 Å². The van der Waals surface area contributed by atoms with Crippen molar-refractivity contribution in [1.29, 1.82) is 0 Å². The summed E-state index contributed by atoms with van der Waals surface area (Å²) in [5.41, 5.74) is 1.71. The molecule has 0 spiro atoms. The largest absolute Gasteiger partial charge is 0.378 e. The highest BCUT2D eigenvalue weighted by molar-refractivity contribution is 5.88. The van der Waals surface area contributed by atoms with Crippen LogP contribution < -0.4 is 0 Å². The zero-order valence-corrected chi connectivity index (χ0v) is 13.0. The van der Waals surface area contributed by atoms with Gasteiger partial charge in [0.15, 0.2) is 6.61 Å². The molecule has 0 bridgehead atoms. The number of unbranched alkanes of at least 4 members (excludes halogenated alkanes) is 2. The predicted octanol–water partition coefficient (Wildman–Crippen LogP) is 4.10. The fraction of sp³-hybridized carbons (Fsp3) is 0.529. The molecule has 21 heavy (non-hydrogen) atoms. The second-order valence-electron chi connectivity index (χ2n) is 4.86. The Bertz CT molecular complexity index is 386. The Hall–Kier alpha value is -1.39. The fourth-order valence-corrected chi connectivity index (χ4v) is 1.72. The van der Waals surface area contributed by atoms with E-state index in [2.05, 4.69) is 18.7 Å². The predicted molar refractivity (Wildman–Crippen MR) is 81.6 cm³/mol. The number of benzene rings is 1. The lowest BCUT2D eigenvalue weighted by atomic mass is 10.1. The van der Waals surface area contributed by atoms with Gasteiger partial charge in [-0.15, -0.1) is 0 Å². The van der Waals surface area contributed by atoms with E-state index in [1.165, 1.54) is 12.2 Å². The van der Waals surface area contributed by atoms with Gasteiger partial charge in [-0.1, -0.05) is 38.8 Å². The van der Waals surface area contributed by atoms with E-state index in [1.807, 2.05) is 12.1 Å². The Labute approximate surface area is 127 Å². The first kappa shape index (κ1) is 17.7. The third-order valence-electron chi connectivity index (χ3n) is 3.03. The van der Waals surface area contributed by atoms with Crippen LogP contribution >= 0.6 is 0 Å². The smallest absolute Gasteiger partial charge is 0.373 e. The molecule has 0 saturated carbocycles. The van der Waals surface area contributed by atoms with Crippen LogP contribution in [0.3, 0.4) is 0 Å². The molecule has 1 rings (SSSR count). The van der Waals surface area contributed by atoms with E-state index >= 15 is 0 Å². The summed E-state index contributed by atoms with van der Waals surface area (Å²) >= 11 is 0. The molecule has 0 N–H and O–H groups in total. The number of aryl methyl sites for hydroxylation is 1. The molecule has 0 saturated heterocycles. The van der Waals surface area contributed by atoms with Gasteiger partial charge >= 0.3 is 5.97 Å². The van der Waals surface area contributed by atoms with Crippen molar-refractivity contribution in [3.05, 3.63) is 42.0 Å². The zero-order chi connectivity index (χ0) is 15.3. The number of hydrogen-bond acceptors (Lipinski definition) is 4. The third-order valence-corrected chi connectivity index (χ3v) is 3.03. The van der Waals surface area contributed by atoms with E-state index in [9.17, 15) is 4.79 Å². The third kappa shape index (κ3) is 7.83. The molecule has 0 aromatic heterocycles. The van der Waals surface area contributed by atoms with Crippen molar-refractivity contribution >= 4 is 5.97 Å². The van der Waals surface area contributed by atoms with E-state index in [-0.39, 0.29) is 0 Å². The minimum absolute atomic E-state index is 0.309. The monoisotopic (exact) mass is 293 g/mol. The average Bonchev–Trinajstić information content (AvgIpc) is 2.52. The van der Waals surface area contributed by atoms with E-state index in [4.69, 9.17) is 9.62 Å². The van der Waals surface area contributed by atoms with E-state index in [0.717, 1.165) is 32.1 Å². The van der Waals surface area contributed by atoms with Crippen LogP contribution in [0.4, 0.5) is 0 Å². The summed E-state index contributed by atoms with van der Waals surface area (Å²) in [5, 5.41) is 0. The standard InChI is InChI=1S/C17H25O4/c1-3-5-7-15-8-10-16(11-9-15)17(18)21-20-14-13-19-12-6-4-2/h8-11,14H,3-7,12-13H2,1-2H3. The Kier molecular flexibility index (Phi) is 9.49. The van der Waals surface area contributed by atoms with Crippen LogP contribution in [-0.2, 0) is 20.9 Å². The maximum atomic E-state index is 11.7. The fourth-order valence-electron chi connectivity index (χ4n) is 1.72. The topological polar surface area (TPSA) is 44.8 Å². The summed E-state index contributed by atoms with van der Waals surface area (Å²) < 4.78 is 5.24. The number of carbonyl (C=O) groups is 1. The Balaban J connectivity index is 2.19. The van der Waals surface area contributed by atoms with Crippen LogP contribution in [0.15, 0.2) is 24.3 Å². The molecule has 1 aromatic carbocycles. The molecular formula is C17H25O4. The van der Waals surface area contributed by atoms with Crippen molar-refractivity contribution < 1.29 is 19.3 Å². The summed E-state index contributed by atoms with van der Waals surface area (Å²) in [6.45, 7) is 6.58. The first-order valence-electron chi connectivity index (χ1n) is 7.64. The summed E-state index contributed by atoms with van der Waals surface area (Å²) in [4.78, 5) is 21.1. The van der Waals surface area contributed by atoms with Gasteiger partial charge in [-0.3, -0.25) is 4.89 Å². The maximum Gasteiger partial charge on any atom is 0.373 e. The summed E-state index contributed by atoms with van der Waals surface area (Å²) in [7, 11) is 0. The van der Waals surface area contributed by atoms with Crippen LogP contribution in [0.25, 0.3) is 0 Å². The van der Waals surface area contributed by atoms with Crippen LogP contribution in [0.5, 0.6) is 0 Å². The first-order valence-corrected chi connectivity index (χ1v) is 7.64. The van der Waals surface area contributed by atoms with Gasteiger partial charge in [0.05, 0.1) is 12.2 Å². The van der Waals surface area contributed by atoms with Gasteiger partial charge in [0.2, 0.25) is 0 Å². The van der Waals surface area contributed by atoms with Crippen molar-refractivity contribution in [1.82, 2.24) is 0 Å². The summed E-state index contributed by atoms with van der Waals surface area (Å²) in [5.74, 6) is -0.498. The second kappa shape index (κ2) is 11.3. The highest BCUT2D eigenvalue weighted by Gasteiger charge is 2.08. The second-order valence-corrected chi connectivity index (χ2v) is 4.86. The molecule has 0 aliphatic rings. The molecule has 0 aliphatic carbocycles. The van der Waals surface area contributed by atoms with Gasteiger partial charge in [0.25, 0.3) is 0 Å². The zero-order valence-electron chi connectivity index (χ0n) is 13.0. The molecule has 1 radical (unpaired) electrons. The van der Waals surface area contributed by atoms with Crippen LogP contribution in [-0.4, -0.2) is 19.2 Å². The van der Waals surface area contributed by atoms with E-state index in [0.29, 0.717) is 18.8 Å². The highest BCUT2D eigenvalue weighted by Crippen LogP contribution is 2.09. The minimum atomic E-state index is -0.498. The number of carbonyl (C=O) groups excluding carboxylic acids is 1. The lowest BCUT2D eigenvalue weighted by Gasteiger charge is -2.05. The van der Waals surface area contributed by atoms with Gasteiger partial charge in [0, 0.05) is 6.61 Å². The molecule has 117 valence electrons. The minimum Gasteiger partial charge on any atom is -0.378 e. The molecule has 0 fully saturated rings. The molecular weight excluding hydrogens is 268 g/mol. The Morgan fingerprint density at radius 2 is 1.81 bits per heavy atom. The Morgan fingerprint density at radius 1 is 1.10 bits per heavy atom. The Morgan fingerprint density at radius 3 is 2.48 bits per heavy atom. The highest BCUT2D eigenvalue weighted by atomic mass is 17.2. The van der Waals surface area contributed by atoms with Gasteiger partial charge in [-0.05, 0) is 37.0 Å². The summed E-state index contributed by atoms with van der Waals surface area (Å²) in [6.07, 6.45) is 5.45. The van der Waals surface area contributed by atoms with Gasteiger partial charge in [-0.25, -0.2) is 4.79 Å². The number of hydrogen-bond donors (Lipinski definition) is 0. The molecule has 0 heterocycles. The summed E-state index contributed by atoms with van der Waals surface area (Å²) in [6, 6.07) is 7.41. The van der Waals surface area contributed by atoms with Crippen molar-refractivity contribution in [2.24, 2.45) is 0 Å².